The van der Waals surface area contributed by atoms with Gasteiger partial charge >= 0.3 is 0 Å². The molecule has 0 heterocycles. The summed E-state index contributed by atoms with van der Waals surface area (Å²) in [5.74, 6) is 1.24. The van der Waals surface area contributed by atoms with Gasteiger partial charge < -0.3 is 5.11 Å². The van der Waals surface area contributed by atoms with Crippen molar-refractivity contribution in [1.29, 1.82) is 0 Å². The summed E-state index contributed by atoms with van der Waals surface area (Å²) in [4.78, 5) is 0. The van der Waals surface area contributed by atoms with E-state index < -0.39 is 0 Å². The number of phenolic OH excluding ortho intramolecular Hbond substituents is 1. The van der Waals surface area contributed by atoms with Gasteiger partial charge in [0.05, 0.1) is 0 Å². The molecule has 1 N–H and O–H groups in total. The molecular formula is C21H34O. The number of hydrogen-bond donors (Lipinski definition) is 1. The molecular weight excluding hydrogens is 268 g/mol. The van der Waals surface area contributed by atoms with Gasteiger partial charge in [-0.15, -0.1) is 0 Å². The van der Waals surface area contributed by atoms with Crippen molar-refractivity contribution in [2.24, 2.45) is 5.92 Å². The Morgan fingerprint density at radius 2 is 1.59 bits per heavy atom. The SMILES string of the molecule is C/C=C/c1cc(CCCCCCCCCC(C)C)ccc1O. The fourth-order valence-corrected chi connectivity index (χ4v) is 2.84. The molecule has 1 aromatic rings. The first-order chi connectivity index (χ1) is 10.6. The Morgan fingerprint density at radius 3 is 2.23 bits per heavy atom. The normalized spacial score (nSPS) is 11.6. The number of rotatable bonds is 11. The van der Waals surface area contributed by atoms with Gasteiger partial charge in [0.2, 0.25) is 0 Å². The van der Waals surface area contributed by atoms with E-state index in [1.807, 2.05) is 31.2 Å². The number of benzene rings is 1. The molecule has 0 bridgehead atoms. The van der Waals surface area contributed by atoms with Crippen molar-refractivity contribution >= 4 is 6.08 Å². The largest absolute Gasteiger partial charge is 0.507 e. The quantitative estimate of drug-likeness (QED) is 0.448. The van der Waals surface area contributed by atoms with Gasteiger partial charge in [-0.2, -0.15) is 0 Å². The highest BCUT2D eigenvalue weighted by Crippen LogP contribution is 2.21. The lowest BCUT2D eigenvalue weighted by Gasteiger charge is -2.06. The van der Waals surface area contributed by atoms with Crippen LogP contribution in [0.15, 0.2) is 24.3 Å². The van der Waals surface area contributed by atoms with E-state index in [1.54, 1.807) is 0 Å². The zero-order chi connectivity index (χ0) is 16.2. The first kappa shape index (κ1) is 18.8. The number of allylic oxidation sites excluding steroid dienone is 1. The van der Waals surface area contributed by atoms with Crippen LogP contribution in [-0.4, -0.2) is 5.11 Å². The molecule has 0 aromatic heterocycles. The molecule has 1 aromatic carbocycles. The zero-order valence-electron chi connectivity index (χ0n) is 14.8. The van der Waals surface area contributed by atoms with Crippen molar-refractivity contribution in [3.05, 3.63) is 35.4 Å². The Morgan fingerprint density at radius 1 is 0.955 bits per heavy atom. The fraction of sp³-hybridized carbons (Fsp3) is 0.619. The van der Waals surface area contributed by atoms with Gasteiger partial charge in [-0.25, -0.2) is 0 Å². The highest BCUT2D eigenvalue weighted by Gasteiger charge is 2.00. The van der Waals surface area contributed by atoms with Crippen LogP contribution in [0.3, 0.4) is 0 Å². The molecule has 0 fully saturated rings. The van der Waals surface area contributed by atoms with Crippen molar-refractivity contribution in [3.8, 4) is 5.75 Å². The molecule has 22 heavy (non-hydrogen) atoms. The van der Waals surface area contributed by atoms with Crippen LogP contribution < -0.4 is 0 Å². The van der Waals surface area contributed by atoms with Crippen molar-refractivity contribution < 1.29 is 5.11 Å². The monoisotopic (exact) mass is 302 g/mol. The van der Waals surface area contributed by atoms with E-state index in [9.17, 15) is 5.11 Å². The van der Waals surface area contributed by atoms with Crippen molar-refractivity contribution in [2.75, 3.05) is 0 Å². The van der Waals surface area contributed by atoms with Gasteiger partial charge in [-0.3, -0.25) is 0 Å². The summed E-state index contributed by atoms with van der Waals surface area (Å²) in [5.41, 5.74) is 2.27. The second-order valence-electron chi connectivity index (χ2n) is 6.80. The lowest BCUT2D eigenvalue weighted by atomic mass is 10.0. The standard InChI is InChI=1S/C21H34O/c1-4-12-20-17-19(15-16-21(20)22)14-11-9-7-5-6-8-10-13-18(2)3/h4,12,15-18,22H,5-11,13-14H2,1-3H3/b12-4+. The zero-order valence-corrected chi connectivity index (χ0v) is 14.8. The summed E-state index contributed by atoms with van der Waals surface area (Å²) >= 11 is 0. The van der Waals surface area contributed by atoms with Gasteiger partial charge in [0.25, 0.3) is 0 Å². The highest BCUT2D eigenvalue weighted by atomic mass is 16.3. The number of unbranched alkanes of at least 4 members (excludes halogenated alkanes) is 6. The average molecular weight is 303 g/mol. The molecule has 0 aliphatic rings. The Labute approximate surface area is 137 Å². The van der Waals surface area contributed by atoms with Gasteiger partial charge in [-0.1, -0.05) is 77.0 Å². The van der Waals surface area contributed by atoms with Crippen LogP contribution in [0.25, 0.3) is 6.08 Å². The maximum atomic E-state index is 9.76. The molecule has 0 amide bonds. The molecule has 0 aliphatic carbocycles. The minimum absolute atomic E-state index is 0.378. The third-order valence-electron chi connectivity index (χ3n) is 4.19. The van der Waals surface area contributed by atoms with E-state index in [1.165, 1.54) is 56.9 Å². The van der Waals surface area contributed by atoms with E-state index in [0.717, 1.165) is 17.9 Å². The van der Waals surface area contributed by atoms with Gasteiger partial charge in [0, 0.05) is 5.56 Å². The Kier molecular flexibility index (Phi) is 9.70. The first-order valence-electron chi connectivity index (χ1n) is 9.08. The summed E-state index contributed by atoms with van der Waals surface area (Å²) < 4.78 is 0. The fourth-order valence-electron chi connectivity index (χ4n) is 2.84. The molecule has 1 heteroatoms. The summed E-state index contributed by atoms with van der Waals surface area (Å²) in [7, 11) is 0. The average Bonchev–Trinajstić information content (AvgIpc) is 2.48. The summed E-state index contributed by atoms with van der Waals surface area (Å²) in [6, 6.07) is 5.98. The van der Waals surface area contributed by atoms with Crippen molar-refractivity contribution in [3.63, 3.8) is 0 Å². The van der Waals surface area contributed by atoms with E-state index in [4.69, 9.17) is 0 Å². The number of aryl methyl sites for hydroxylation is 1. The second-order valence-corrected chi connectivity index (χ2v) is 6.80. The number of phenols is 1. The molecule has 1 rings (SSSR count). The Bertz CT molecular complexity index is 432. The van der Waals surface area contributed by atoms with E-state index >= 15 is 0 Å². The molecule has 124 valence electrons. The van der Waals surface area contributed by atoms with Gasteiger partial charge in [0.15, 0.2) is 0 Å². The van der Waals surface area contributed by atoms with Crippen molar-refractivity contribution in [2.45, 2.75) is 78.6 Å². The minimum atomic E-state index is 0.378. The van der Waals surface area contributed by atoms with Gasteiger partial charge in [-0.05, 0) is 43.4 Å². The summed E-state index contributed by atoms with van der Waals surface area (Å²) in [6.45, 7) is 6.60. The summed E-state index contributed by atoms with van der Waals surface area (Å²) in [5, 5.41) is 9.76. The highest BCUT2D eigenvalue weighted by molar-refractivity contribution is 5.57. The second kappa shape index (κ2) is 11.3. The lowest BCUT2D eigenvalue weighted by molar-refractivity contribution is 0.473. The van der Waals surface area contributed by atoms with Crippen LogP contribution in [0.1, 0.15) is 83.3 Å². The Balaban J connectivity index is 2.11. The minimum Gasteiger partial charge on any atom is -0.507 e. The summed E-state index contributed by atoms with van der Waals surface area (Å²) in [6.07, 6.45) is 16.0. The molecule has 0 aliphatic heterocycles. The molecule has 0 atom stereocenters. The van der Waals surface area contributed by atoms with Crippen LogP contribution in [0.4, 0.5) is 0 Å². The van der Waals surface area contributed by atoms with Crippen LogP contribution in [0.5, 0.6) is 5.75 Å². The van der Waals surface area contributed by atoms with E-state index in [-0.39, 0.29) is 0 Å². The molecule has 0 spiro atoms. The third kappa shape index (κ3) is 8.26. The topological polar surface area (TPSA) is 20.2 Å². The maximum absolute atomic E-state index is 9.76. The van der Waals surface area contributed by atoms with Crippen LogP contribution >= 0.6 is 0 Å². The number of aromatic hydroxyl groups is 1. The number of hydrogen-bond acceptors (Lipinski definition) is 1. The van der Waals surface area contributed by atoms with E-state index in [2.05, 4.69) is 19.9 Å². The molecule has 1 nitrogen and oxygen atoms in total. The maximum Gasteiger partial charge on any atom is 0.122 e. The van der Waals surface area contributed by atoms with Crippen molar-refractivity contribution in [1.82, 2.24) is 0 Å². The van der Waals surface area contributed by atoms with Crippen LogP contribution in [0, 0.1) is 5.92 Å². The smallest absolute Gasteiger partial charge is 0.122 e. The molecule has 0 unspecified atom stereocenters. The lowest BCUT2D eigenvalue weighted by Crippen LogP contribution is -1.89. The van der Waals surface area contributed by atoms with E-state index in [0.29, 0.717) is 5.75 Å². The predicted octanol–water partition coefficient (Wildman–Crippen LogP) is 6.74. The van der Waals surface area contributed by atoms with Crippen LogP contribution in [0.2, 0.25) is 0 Å². The first-order valence-corrected chi connectivity index (χ1v) is 9.08. The predicted molar refractivity (Wildman–Crippen MR) is 98.3 cm³/mol. The molecule has 0 saturated carbocycles. The van der Waals surface area contributed by atoms with Crippen LogP contribution in [-0.2, 0) is 6.42 Å². The molecule has 0 saturated heterocycles. The van der Waals surface area contributed by atoms with Gasteiger partial charge in [0.1, 0.15) is 5.75 Å². The Hall–Kier alpha value is -1.24. The third-order valence-corrected chi connectivity index (χ3v) is 4.19. The molecule has 0 radical (unpaired) electrons.